The van der Waals surface area contributed by atoms with Crippen molar-refractivity contribution in [1.29, 1.82) is 0 Å². The summed E-state index contributed by atoms with van der Waals surface area (Å²) in [6.45, 7) is 3.37. The molecule has 4 heteroatoms. The molecule has 2 atom stereocenters. The van der Waals surface area contributed by atoms with E-state index in [4.69, 9.17) is 10.8 Å². The number of carbonyl (C=O) groups excluding carboxylic acids is 1. The van der Waals surface area contributed by atoms with E-state index in [0.717, 1.165) is 0 Å². The molecule has 4 nitrogen and oxygen atoms in total. The van der Waals surface area contributed by atoms with Gasteiger partial charge in [-0.1, -0.05) is 6.92 Å². The van der Waals surface area contributed by atoms with E-state index in [1.165, 1.54) is 0 Å². The van der Waals surface area contributed by atoms with Crippen LogP contribution in [0, 0.1) is 0 Å². The first-order valence-corrected chi connectivity index (χ1v) is 3.31. The van der Waals surface area contributed by atoms with Crippen LogP contribution in [-0.2, 0) is 4.79 Å². The second kappa shape index (κ2) is 4.24. The lowest BCUT2D eigenvalue weighted by atomic mass is 10.2. The number of hydrogen-bond donors (Lipinski definition) is 3. The molecular weight excluding hydrogens is 132 g/mol. The van der Waals surface area contributed by atoms with Gasteiger partial charge in [-0.3, -0.25) is 10.1 Å². The number of carbonyl (C=O) groups is 1. The number of aliphatic hydroxyl groups is 1. The van der Waals surface area contributed by atoms with Crippen molar-refractivity contribution in [2.45, 2.75) is 32.5 Å². The quantitative estimate of drug-likeness (QED) is 0.453. The van der Waals surface area contributed by atoms with E-state index >= 15 is 0 Å². The van der Waals surface area contributed by atoms with Gasteiger partial charge in [0.1, 0.15) is 6.23 Å². The van der Waals surface area contributed by atoms with Gasteiger partial charge in [-0.25, -0.2) is 0 Å². The topological polar surface area (TPSA) is 75.3 Å². The van der Waals surface area contributed by atoms with Crippen LogP contribution in [0.2, 0.25) is 0 Å². The van der Waals surface area contributed by atoms with Gasteiger partial charge in [-0.05, 0) is 13.3 Å². The Hall–Kier alpha value is -0.610. The largest absolute Gasteiger partial charge is 0.379 e. The van der Waals surface area contributed by atoms with Gasteiger partial charge in [0.05, 0.1) is 6.04 Å². The summed E-state index contributed by atoms with van der Waals surface area (Å²) >= 11 is 0. The highest BCUT2D eigenvalue weighted by Gasteiger charge is 2.12. The van der Waals surface area contributed by atoms with E-state index in [2.05, 4.69) is 5.32 Å². The van der Waals surface area contributed by atoms with Crippen molar-refractivity contribution < 1.29 is 9.90 Å². The molecule has 0 radical (unpaired) electrons. The van der Waals surface area contributed by atoms with Crippen LogP contribution in [0.3, 0.4) is 0 Å². The average Bonchev–Trinajstić information content (AvgIpc) is 1.81. The van der Waals surface area contributed by atoms with Crippen LogP contribution in [0.15, 0.2) is 0 Å². The van der Waals surface area contributed by atoms with E-state index in [1.807, 2.05) is 6.92 Å². The predicted molar refractivity (Wildman–Crippen MR) is 38.1 cm³/mol. The van der Waals surface area contributed by atoms with Crippen LogP contribution in [0.5, 0.6) is 0 Å². The Balaban J connectivity index is 3.72. The minimum atomic E-state index is -0.683. The Morgan fingerprint density at radius 1 is 1.80 bits per heavy atom. The van der Waals surface area contributed by atoms with E-state index in [9.17, 15) is 4.79 Å². The van der Waals surface area contributed by atoms with Crippen LogP contribution in [0.4, 0.5) is 0 Å². The molecule has 0 aliphatic heterocycles. The fraction of sp³-hybridized carbons (Fsp3) is 0.833. The monoisotopic (exact) mass is 146 g/mol. The molecule has 1 amide bonds. The summed E-state index contributed by atoms with van der Waals surface area (Å²) in [7, 11) is 0. The molecule has 1 unspecified atom stereocenters. The summed E-state index contributed by atoms with van der Waals surface area (Å²) in [5.41, 5.74) is 4.98. The van der Waals surface area contributed by atoms with Crippen molar-refractivity contribution in [1.82, 2.24) is 5.32 Å². The molecule has 0 aromatic rings. The molecule has 0 heterocycles. The zero-order valence-corrected chi connectivity index (χ0v) is 6.29. The number of amides is 1. The molecule has 0 aliphatic rings. The van der Waals surface area contributed by atoms with Gasteiger partial charge < -0.3 is 10.8 Å². The SMILES string of the molecule is CC[C@H](NC(C)O)C(N)=O. The standard InChI is InChI=1S/C6H14N2O2/c1-3-5(6(7)10)8-4(2)9/h4-5,8-9H,3H2,1-2H3,(H2,7,10)/t4?,5-/m0/s1. The fourth-order valence-electron chi connectivity index (χ4n) is 0.692. The third-order valence-corrected chi connectivity index (χ3v) is 1.19. The number of hydrogen-bond acceptors (Lipinski definition) is 3. The van der Waals surface area contributed by atoms with Crippen molar-refractivity contribution in [2.24, 2.45) is 5.73 Å². The summed E-state index contributed by atoms with van der Waals surface area (Å²) in [6.07, 6.45) is -0.0855. The molecule has 60 valence electrons. The van der Waals surface area contributed by atoms with Crippen molar-refractivity contribution in [3.05, 3.63) is 0 Å². The molecule has 0 saturated carbocycles. The summed E-state index contributed by atoms with van der Waals surface area (Å²) < 4.78 is 0. The number of aliphatic hydroxyl groups excluding tert-OH is 1. The zero-order chi connectivity index (χ0) is 8.15. The fourth-order valence-corrected chi connectivity index (χ4v) is 0.692. The van der Waals surface area contributed by atoms with Gasteiger partial charge in [0.25, 0.3) is 0 Å². The number of nitrogens with one attached hydrogen (secondary N) is 1. The van der Waals surface area contributed by atoms with Crippen molar-refractivity contribution in [3.63, 3.8) is 0 Å². The van der Waals surface area contributed by atoms with Crippen LogP contribution < -0.4 is 11.1 Å². The number of rotatable bonds is 4. The Labute approximate surface area is 60.4 Å². The number of primary amides is 1. The van der Waals surface area contributed by atoms with Gasteiger partial charge in [-0.2, -0.15) is 0 Å². The van der Waals surface area contributed by atoms with Gasteiger partial charge in [-0.15, -0.1) is 0 Å². The average molecular weight is 146 g/mol. The molecule has 0 aromatic heterocycles. The first kappa shape index (κ1) is 9.39. The molecule has 0 rings (SSSR count). The van der Waals surface area contributed by atoms with Crippen molar-refractivity contribution in [3.8, 4) is 0 Å². The maximum absolute atomic E-state index is 10.5. The maximum atomic E-state index is 10.5. The highest BCUT2D eigenvalue weighted by molar-refractivity contribution is 5.79. The van der Waals surface area contributed by atoms with Crippen LogP contribution >= 0.6 is 0 Å². The normalized spacial score (nSPS) is 16.3. The minimum absolute atomic E-state index is 0.417. The van der Waals surface area contributed by atoms with E-state index in [-0.39, 0.29) is 0 Å². The number of nitrogens with two attached hydrogens (primary N) is 1. The minimum Gasteiger partial charge on any atom is -0.379 e. The summed E-state index contributed by atoms with van der Waals surface area (Å²) in [4.78, 5) is 10.5. The Kier molecular flexibility index (Phi) is 3.99. The highest BCUT2D eigenvalue weighted by Crippen LogP contribution is 1.89. The van der Waals surface area contributed by atoms with Gasteiger partial charge in [0.15, 0.2) is 0 Å². The van der Waals surface area contributed by atoms with E-state index < -0.39 is 18.2 Å². The first-order valence-electron chi connectivity index (χ1n) is 3.31. The predicted octanol–water partition coefficient (Wildman–Crippen LogP) is -0.822. The molecule has 0 fully saturated rings. The Bertz CT molecular complexity index is 114. The second-order valence-electron chi connectivity index (χ2n) is 2.21. The maximum Gasteiger partial charge on any atom is 0.234 e. The molecule has 0 aromatic carbocycles. The lowest BCUT2D eigenvalue weighted by Crippen LogP contribution is -2.44. The zero-order valence-electron chi connectivity index (χ0n) is 6.29. The lowest BCUT2D eigenvalue weighted by molar-refractivity contribution is -0.120. The third-order valence-electron chi connectivity index (χ3n) is 1.19. The molecular formula is C6H14N2O2. The van der Waals surface area contributed by atoms with Crippen LogP contribution in [0.25, 0.3) is 0 Å². The van der Waals surface area contributed by atoms with Crippen molar-refractivity contribution in [2.75, 3.05) is 0 Å². The Morgan fingerprint density at radius 3 is 2.40 bits per heavy atom. The molecule has 4 N–H and O–H groups in total. The summed E-state index contributed by atoms with van der Waals surface area (Å²) in [5, 5.41) is 11.4. The van der Waals surface area contributed by atoms with Crippen LogP contribution in [-0.4, -0.2) is 23.3 Å². The molecule has 0 bridgehead atoms. The van der Waals surface area contributed by atoms with Gasteiger partial charge in [0.2, 0.25) is 5.91 Å². The van der Waals surface area contributed by atoms with Crippen molar-refractivity contribution >= 4 is 5.91 Å². The summed E-state index contributed by atoms with van der Waals surface area (Å²) in [6, 6.07) is -0.417. The molecule has 10 heavy (non-hydrogen) atoms. The van der Waals surface area contributed by atoms with Crippen LogP contribution in [0.1, 0.15) is 20.3 Å². The molecule has 0 spiro atoms. The summed E-state index contributed by atoms with van der Waals surface area (Å²) in [5.74, 6) is -0.427. The molecule has 0 saturated heterocycles. The highest BCUT2D eigenvalue weighted by atomic mass is 16.3. The smallest absolute Gasteiger partial charge is 0.234 e. The van der Waals surface area contributed by atoms with Gasteiger partial charge >= 0.3 is 0 Å². The van der Waals surface area contributed by atoms with E-state index in [0.29, 0.717) is 6.42 Å². The van der Waals surface area contributed by atoms with E-state index in [1.54, 1.807) is 6.92 Å². The second-order valence-corrected chi connectivity index (χ2v) is 2.21. The third kappa shape index (κ3) is 3.42. The lowest BCUT2D eigenvalue weighted by Gasteiger charge is -2.14. The van der Waals surface area contributed by atoms with Gasteiger partial charge in [0, 0.05) is 0 Å². The Morgan fingerprint density at radius 2 is 2.30 bits per heavy atom. The molecule has 0 aliphatic carbocycles. The first-order chi connectivity index (χ1) is 4.57.